The van der Waals surface area contributed by atoms with Gasteiger partial charge in [0.05, 0.1) is 17.6 Å². The van der Waals surface area contributed by atoms with Gasteiger partial charge in [-0.1, -0.05) is 37.1 Å². The van der Waals surface area contributed by atoms with Crippen molar-refractivity contribution in [3.05, 3.63) is 77.4 Å². The van der Waals surface area contributed by atoms with E-state index in [0.29, 0.717) is 17.8 Å². The summed E-state index contributed by atoms with van der Waals surface area (Å²) in [6.07, 6.45) is -0.892. The fraction of sp³-hybridized carbons (Fsp3) is 0.345. The van der Waals surface area contributed by atoms with E-state index in [1.807, 2.05) is 6.07 Å². The standard InChI is InChI=1S/C29H30F3N3O4S/c1-33-40(37,38)22-9-5-19(6-10-22)17-34-27(36)35-18-28(13-3-4-14-28)25-15-20(7-12-26(25)35)23-11-8-21(39-2)16-24(23)29(30,31)32/h5-12,15-16,33H,3-4,13-14,17-18H2,1-2H3,(H,34,36). The summed E-state index contributed by atoms with van der Waals surface area (Å²) < 4.78 is 73.1. The number of halogens is 3. The molecule has 212 valence electrons. The first-order valence-electron chi connectivity index (χ1n) is 13.0. The van der Waals surface area contributed by atoms with E-state index in [1.54, 1.807) is 29.2 Å². The quantitative estimate of drug-likeness (QED) is 0.389. The van der Waals surface area contributed by atoms with Crippen LogP contribution >= 0.6 is 0 Å². The lowest BCUT2D eigenvalue weighted by Crippen LogP contribution is -2.41. The van der Waals surface area contributed by atoms with E-state index in [0.717, 1.165) is 42.9 Å². The Morgan fingerprint density at radius 2 is 1.73 bits per heavy atom. The van der Waals surface area contributed by atoms with E-state index in [2.05, 4.69) is 10.0 Å². The second-order valence-electron chi connectivity index (χ2n) is 10.2. The van der Waals surface area contributed by atoms with Gasteiger partial charge in [-0.25, -0.2) is 17.9 Å². The second-order valence-corrected chi connectivity index (χ2v) is 12.1. The molecule has 1 saturated carbocycles. The Kier molecular flexibility index (Phi) is 7.30. The highest BCUT2D eigenvalue weighted by Crippen LogP contribution is 2.52. The number of rotatable bonds is 6. The number of amides is 2. The molecule has 7 nitrogen and oxygen atoms in total. The zero-order valence-electron chi connectivity index (χ0n) is 22.1. The van der Waals surface area contributed by atoms with Crippen molar-refractivity contribution in [1.29, 1.82) is 0 Å². The van der Waals surface area contributed by atoms with Crippen LogP contribution in [0.4, 0.5) is 23.7 Å². The molecule has 5 rings (SSSR count). The highest BCUT2D eigenvalue weighted by Gasteiger charge is 2.46. The largest absolute Gasteiger partial charge is 0.497 e. The van der Waals surface area contributed by atoms with Crippen LogP contribution in [0.25, 0.3) is 11.1 Å². The van der Waals surface area contributed by atoms with E-state index >= 15 is 0 Å². The average Bonchev–Trinajstić information content (AvgIpc) is 3.56. The number of alkyl halides is 3. The van der Waals surface area contributed by atoms with E-state index in [1.165, 1.54) is 38.4 Å². The van der Waals surface area contributed by atoms with Crippen LogP contribution in [0.1, 0.15) is 42.4 Å². The zero-order valence-corrected chi connectivity index (χ0v) is 23.0. The fourth-order valence-corrected chi connectivity index (χ4v) is 6.54. The Morgan fingerprint density at radius 1 is 1.02 bits per heavy atom. The van der Waals surface area contributed by atoms with Crippen LogP contribution in [0, 0.1) is 0 Å². The number of fused-ring (bicyclic) bond motifs is 2. The van der Waals surface area contributed by atoms with Crippen molar-refractivity contribution in [3.8, 4) is 16.9 Å². The molecule has 2 aliphatic rings. The number of nitrogens with one attached hydrogen (secondary N) is 2. The number of anilines is 1. The number of methoxy groups -OCH3 is 1. The molecule has 40 heavy (non-hydrogen) atoms. The van der Waals surface area contributed by atoms with E-state index in [9.17, 15) is 26.4 Å². The van der Waals surface area contributed by atoms with Gasteiger partial charge >= 0.3 is 12.2 Å². The maximum absolute atomic E-state index is 14.0. The predicted octanol–water partition coefficient (Wildman–Crippen LogP) is 5.83. The maximum atomic E-state index is 14.0. The molecule has 0 saturated heterocycles. The fourth-order valence-electron chi connectivity index (χ4n) is 5.81. The van der Waals surface area contributed by atoms with Crippen LogP contribution in [0.3, 0.4) is 0 Å². The number of hydrogen-bond acceptors (Lipinski definition) is 4. The van der Waals surface area contributed by atoms with Crippen LogP contribution in [0.2, 0.25) is 0 Å². The molecule has 1 fully saturated rings. The van der Waals surface area contributed by atoms with Gasteiger partial charge in [0.1, 0.15) is 5.75 Å². The van der Waals surface area contributed by atoms with Crippen molar-refractivity contribution >= 4 is 21.7 Å². The van der Waals surface area contributed by atoms with Gasteiger partial charge in [0.15, 0.2) is 0 Å². The smallest absolute Gasteiger partial charge is 0.417 e. The topological polar surface area (TPSA) is 87.7 Å². The third-order valence-electron chi connectivity index (χ3n) is 7.91. The number of sulfonamides is 1. The molecule has 2 amide bonds. The van der Waals surface area contributed by atoms with Gasteiger partial charge in [0, 0.05) is 24.2 Å². The van der Waals surface area contributed by atoms with Crippen LogP contribution in [0.5, 0.6) is 5.75 Å². The zero-order chi connectivity index (χ0) is 28.7. The van der Waals surface area contributed by atoms with Crippen molar-refractivity contribution < 1.29 is 31.1 Å². The molecule has 0 atom stereocenters. The van der Waals surface area contributed by atoms with E-state index in [-0.39, 0.29) is 34.2 Å². The van der Waals surface area contributed by atoms with Gasteiger partial charge in [-0.3, -0.25) is 4.90 Å². The first-order valence-corrected chi connectivity index (χ1v) is 14.4. The molecule has 2 N–H and O–H groups in total. The highest BCUT2D eigenvalue weighted by atomic mass is 32.2. The minimum absolute atomic E-state index is 0.0656. The number of hydrogen-bond donors (Lipinski definition) is 2. The van der Waals surface area contributed by atoms with Gasteiger partial charge < -0.3 is 10.1 Å². The molecule has 3 aromatic rings. The Bertz CT molecular complexity index is 1530. The van der Waals surface area contributed by atoms with Gasteiger partial charge in [-0.05, 0) is 78.5 Å². The lowest BCUT2D eigenvalue weighted by molar-refractivity contribution is -0.137. The van der Waals surface area contributed by atoms with Crippen LogP contribution in [-0.4, -0.2) is 35.2 Å². The van der Waals surface area contributed by atoms with Crippen molar-refractivity contribution in [2.24, 2.45) is 0 Å². The normalized spacial score (nSPS) is 16.3. The first-order chi connectivity index (χ1) is 19.0. The number of ether oxygens (including phenoxy) is 1. The molecule has 1 heterocycles. The molecule has 0 radical (unpaired) electrons. The summed E-state index contributed by atoms with van der Waals surface area (Å²) in [5.74, 6) is 0.130. The number of benzene rings is 3. The molecule has 0 aromatic heterocycles. The van der Waals surface area contributed by atoms with Crippen LogP contribution < -0.4 is 19.7 Å². The molecule has 1 aliphatic heterocycles. The number of nitrogens with zero attached hydrogens (tertiary/aromatic N) is 1. The lowest BCUT2D eigenvalue weighted by Gasteiger charge is -2.25. The molecule has 3 aromatic carbocycles. The van der Waals surface area contributed by atoms with Gasteiger partial charge in [0.25, 0.3) is 0 Å². The lowest BCUT2D eigenvalue weighted by atomic mass is 9.79. The Balaban J connectivity index is 1.43. The van der Waals surface area contributed by atoms with E-state index < -0.39 is 21.8 Å². The number of urea groups is 1. The average molecular weight is 574 g/mol. The molecule has 0 bridgehead atoms. The third-order valence-corrected chi connectivity index (χ3v) is 9.34. The molecular formula is C29H30F3N3O4S. The molecule has 11 heteroatoms. The SMILES string of the molecule is CNS(=O)(=O)c1ccc(CNC(=O)N2CC3(CCCC3)c3cc(-c4ccc(OC)cc4C(F)(F)F)ccc32)cc1. The molecule has 1 spiro atoms. The minimum atomic E-state index is -4.56. The monoisotopic (exact) mass is 573 g/mol. The summed E-state index contributed by atoms with van der Waals surface area (Å²) in [7, 11) is -0.890. The first kappa shape index (κ1) is 28.0. The third kappa shape index (κ3) is 5.15. The summed E-state index contributed by atoms with van der Waals surface area (Å²) in [5, 5.41) is 2.91. The van der Waals surface area contributed by atoms with Crippen LogP contribution in [-0.2, 0) is 28.2 Å². The van der Waals surface area contributed by atoms with Gasteiger partial charge in [-0.2, -0.15) is 13.2 Å². The Labute approximate surface area is 231 Å². The van der Waals surface area contributed by atoms with Gasteiger partial charge in [-0.15, -0.1) is 0 Å². The summed E-state index contributed by atoms with van der Waals surface area (Å²) >= 11 is 0. The maximum Gasteiger partial charge on any atom is 0.417 e. The molecule has 1 aliphatic carbocycles. The molecular weight excluding hydrogens is 543 g/mol. The van der Waals surface area contributed by atoms with Crippen molar-refractivity contribution in [2.75, 3.05) is 25.6 Å². The van der Waals surface area contributed by atoms with E-state index in [4.69, 9.17) is 4.74 Å². The number of carbonyl (C=O) groups is 1. The summed E-state index contributed by atoms with van der Waals surface area (Å²) in [5.41, 5.74) is 1.75. The number of carbonyl (C=O) groups excluding carboxylic acids is 1. The second kappa shape index (κ2) is 10.4. The predicted molar refractivity (Wildman–Crippen MR) is 146 cm³/mol. The Hall–Kier alpha value is -3.57. The van der Waals surface area contributed by atoms with Crippen molar-refractivity contribution in [3.63, 3.8) is 0 Å². The summed E-state index contributed by atoms with van der Waals surface area (Å²) in [4.78, 5) is 15.1. The van der Waals surface area contributed by atoms with Crippen LogP contribution in [0.15, 0.2) is 65.6 Å². The van der Waals surface area contributed by atoms with Crippen molar-refractivity contribution in [2.45, 2.75) is 48.7 Å². The minimum Gasteiger partial charge on any atom is -0.497 e. The highest BCUT2D eigenvalue weighted by molar-refractivity contribution is 7.89. The molecule has 0 unspecified atom stereocenters. The van der Waals surface area contributed by atoms with Gasteiger partial charge in [0.2, 0.25) is 10.0 Å². The Morgan fingerprint density at radius 3 is 2.35 bits per heavy atom. The summed E-state index contributed by atoms with van der Waals surface area (Å²) in [6.45, 7) is 0.641. The van der Waals surface area contributed by atoms with Crippen molar-refractivity contribution in [1.82, 2.24) is 10.0 Å². The summed E-state index contributed by atoms with van der Waals surface area (Å²) in [6, 6.07) is 15.0.